The second kappa shape index (κ2) is 3.78. The van der Waals surface area contributed by atoms with Crippen molar-refractivity contribution in [3.63, 3.8) is 0 Å². The average molecular weight is 267 g/mol. The van der Waals surface area contributed by atoms with Crippen LogP contribution < -0.4 is 5.32 Å². The van der Waals surface area contributed by atoms with E-state index in [-0.39, 0.29) is 0 Å². The van der Waals surface area contributed by atoms with Gasteiger partial charge in [0.25, 0.3) is 0 Å². The maximum atomic E-state index is 4.08. The molecule has 2 bridgehead atoms. The van der Waals surface area contributed by atoms with Crippen molar-refractivity contribution in [1.29, 1.82) is 0 Å². The topological polar surface area (TPSA) is 24.9 Å². The van der Waals surface area contributed by atoms with Gasteiger partial charge in [-0.15, -0.1) is 0 Å². The average Bonchev–Trinajstić information content (AvgIpc) is 2.83. The summed E-state index contributed by atoms with van der Waals surface area (Å²) in [6.45, 7) is 0. The van der Waals surface area contributed by atoms with E-state index in [4.69, 9.17) is 0 Å². The third-order valence-corrected chi connectivity index (χ3v) is 4.48. The fourth-order valence-electron chi connectivity index (χ4n) is 3.11. The van der Waals surface area contributed by atoms with Crippen LogP contribution in [0.15, 0.2) is 22.9 Å². The Kier molecular flexibility index (Phi) is 2.43. The lowest BCUT2D eigenvalue weighted by molar-refractivity contribution is 0.439. The lowest BCUT2D eigenvalue weighted by atomic mass is 9.95. The van der Waals surface area contributed by atoms with E-state index >= 15 is 0 Å². The minimum atomic E-state index is 0.697. The van der Waals surface area contributed by atoms with E-state index in [1.165, 1.54) is 31.4 Å². The van der Waals surface area contributed by atoms with Crippen molar-refractivity contribution < 1.29 is 0 Å². The van der Waals surface area contributed by atoms with Crippen LogP contribution in [0.3, 0.4) is 0 Å². The molecular weight excluding hydrogens is 252 g/mol. The number of hydrogen-bond donors (Lipinski definition) is 1. The Morgan fingerprint density at radius 2 is 2.27 bits per heavy atom. The van der Waals surface area contributed by atoms with Gasteiger partial charge in [0, 0.05) is 18.4 Å². The first-order chi connectivity index (χ1) is 7.33. The van der Waals surface area contributed by atoms with Crippen molar-refractivity contribution in [3.05, 3.63) is 22.9 Å². The van der Waals surface area contributed by atoms with Crippen molar-refractivity contribution in [2.75, 3.05) is 5.32 Å². The Hall–Kier alpha value is -0.570. The number of nitrogens with zero attached hydrogens (tertiary/aromatic N) is 1. The zero-order chi connectivity index (χ0) is 10.3. The molecule has 3 atom stereocenters. The normalized spacial score (nSPS) is 33.3. The highest BCUT2D eigenvalue weighted by atomic mass is 79.9. The molecule has 0 spiro atoms. The van der Waals surface area contributed by atoms with Crippen molar-refractivity contribution in [2.45, 2.75) is 31.7 Å². The van der Waals surface area contributed by atoms with Crippen molar-refractivity contribution in [1.82, 2.24) is 4.98 Å². The first-order valence-electron chi connectivity index (χ1n) is 5.69. The molecule has 0 aromatic carbocycles. The van der Waals surface area contributed by atoms with E-state index < -0.39 is 0 Å². The van der Waals surface area contributed by atoms with E-state index in [1.807, 2.05) is 12.4 Å². The number of halogens is 1. The monoisotopic (exact) mass is 266 g/mol. The van der Waals surface area contributed by atoms with Crippen LogP contribution in [-0.2, 0) is 0 Å². The van der Waals surface area contributed by atoms with E-state index in [1.54, 1.807) is 0 Å². The quantitative estimate of drug-likeness (QED) is 0.887. The molecule has 80 valence electrons. The smallest absolute Gasteiger partial charge is 0.0590 e. The lowest BCUT2D eigenvalue weighted by Crippen LogP contribution is -2.25. The summed E-state index contributed by atoms with van der Waals surface area (Å²) in [6.07, 6.45) is 9.39. The second-order valence-corrected chi connectivity index (χ2v) is 5.64. The molecule has 2 nitrogen and oxygen atoms in total. The highest BCUT2D eigenvalue weighted by molar-refractivity contribution is 9.10. The molecular formula is C12H15BrN2. The largest absolute Gasteiger partial charge is 0.381 e. The molecule has 2 saturated carbocycles. The van der Waals surface area contributed by atoms with Crippen LogP contribution in [0, 0.1) is 11.8 Å². The minimum Gasteiger partial charge on any atom is -0.381 e. The van der Waals surface area contributed by atoms with E-state index in [0.717, 1.165) is 16.3 Å². The van der Waals surface area contributed by atoms with Crippen LogP contribution in [0.1, 0.15) is 25.7 Å². The van der Waals surface area contributed by atoms with Crippen LogP contribution in [0.5, 0.6) is 0 Å². The van der Waals surface area contributed by atoms with Crippen molar-refractivity contribution >= 4 is 21.6 Å². The molecule has 2 aliphatic rings. The fraction of sp³-hybridized carbons (Fsp3) is 0.583. The first kappa shape index (κ1) is 9.64. The van der Waals surface area contributed by atoms with Gasteiger partial charge in [-0.2, -0.15) is 0 Å². The van der Waals surface area contributed by atoms with E-state index in [2.05, 4.69) is 32.3 Å². The highest BCUT2D eigenvalue weighted by Gasteiger charge is 2.39. The van der Waals surface area contributed by atoms with Gasteiger partial charge >= 0.3 is 0 Å². The summed E-state index contributed by atoms with van der Waals surface area (Å²) < 4.78 is 1.08. The minimum absolute atomic E-state index is 0.697. The SMILES string of the molecule is Brc1cnccc1NC1CC2CCC1C2. The summed E-state index contributed by atoms with van der Waals surface area (Å²) in [4.78, 5) is 4.08. The third kappa shape index (κ3) is 1.78. The standard InChI is InChI=1S/C12H15BrN2/c13-10-7-14-4-3-11(10)15-12-6-8-1-2-9(12)5-8/h3-4,7-9,12H,1-2,5-6H2,(H,14,15). The first-order valence-corrected chi connectivity index (χ1v) is 6.48. The van der Waals surface area contributed by atoms with Crippen molar-refractivity contribution in [2.24, 2.45) is 11.8 Å². The molecule has 1 N–H and O–H groups in total. The Bertz CT molecular complexity index is 366. The van der Waals surface area contributed by atoms with Crippen LogP contribution in [0.25, 0.3) is 0 Å². The summed E-state index contributed by atoms with van der Waals surface area (Å²) in [5, 5.41) is 3.65. The summed E-state index contributed by atoms with van der Waals surface area (Å²) in [5.41, 5.74) is 1.20. The van der Waals surface area contributed by atoms with Gasteiger partial charge in [0.2, 0.25) is 0 Å². The Morgan fingerprint density at radius 1 is 1.33 bits per heavy atom. The number of fused-ring (bicyclic) bond motifs is 2. The van der Waals surface area contributed by atoms with Crippen LogP contribution in [-0.4, -0.2) is 11.0 Å². The molecule has 0 aliphatic heterocycles. The molecule has 3 heteroatoms. The van der Waals surface area contributed by atoms with Crippen LogP contribution in [0.2, 0.25) is 0 Å². The third-order valence-electron chi connectivity index (χ3n) is 3.85. The van der Waals surface area contributed by atoms with Crippen LogP contribution >= 0.6 is 15.9 Å². The van der Waals surface area contributed by atoms with Crippen molar-refractivity contribution in [3.8, 4) is 0 Å². The van der Waals surface area contributed by atoms with E-state index in [9.17, 15) is 0 Å². The maximum absolute atomic E-state index is 4.08. The molecule has 0 radical (unpaired) electrons. The molecule has 1 heterocycles. The molecule has 15 heavy (non-hydrogen) atoms. The molecule has 1 aromatic rings. The Morgan fingerprint density at radius 3 is 2.93 bits per heavy atom. The van der Waals surface area contributed by atoms with Gasteiger partial charge in [0.05, 0.1) is 10.2 Å². The van der Waals surface area contributed by atoms with Gasteiger partial charge in [-0.05, 0) is 53.1 Å². The number of pyridine rings is 1. The number of hydrogen-bond acceptors (Lipinski definition) is 2. The summed E-state index contributed by atoms with van der Waals surface area (Å²) >= 11 is 3.53. The highest BCUT2D eigenvalue weighted by Crippen LogP contribution is 2.45. The number of anilines is 1. The molecule has 1 aromatic heterocycles. The van der Waals surface area contributed by atoms with Gasteiger partial charge < -0.3 is 5.32 Å². The van der Waals surface area contributed by atoms with Gasteiger partial charge in [-0.3, -0.25) is 4.98 Å². The molecule has 0 amide bonds. The predicted molar refractivity (Wildman–Crippen MR) is 64.8 cm³/mol. The van der Waals surface area contributed by atoms with Gasteiger partial charge in [-0.25, -0.2) is 0 Å². The fourth-order valence-corrected chi connectivity index (χ4v) is 3.48. The summed E-state index contributed by atoms with van der Waals surface area (Å²) in [5.74, 6) is 1.91. The lowest BCUT2D eigenvalue weighted by Gasteiger charge is -2.24. The molecule has 3 rings (SSSR count). The predicted octanol–water partition coefficient (Wildman–Crippen LogP) is 3.44. The van der Waals surface area contributed by atoms with Gasteiger partial charge in [0.1, 0.15) is 0 Å². The second-order valence-electron chi connectivity index (χ2n) is 4.78. The zero-order valence-electron chi connectivity index (χ0n) is 8.62. The summed E-state index contributed by atoms with van der Waals surface area (Å²) in [7, 11) is 0. The Labute approximate surface area is 98.6 Å². The van der Waals surface area contributed by atoms with Crippen LogP contribution in [0.4, 0.5) is 5.69 Å². The molecule has 2 fully saturated rings. The number of rotatable bonds is 2. The Balaban J connectivity index is 1.73. The van der Waals surface area contributed by atoms with Gasteiger partial charge in [-0.1, -0.05) is 6.42 Å². The van der Waals surface area contributed by atoms with Gasteiger partial charge in [0.15, 0.2) is 0 Å². The maximum Gasteiger partial charge on any atom is 0.0590 e. The number of nitrogens with one attached hydrogen (secondary N) is 1. The van der Waals surface area contributed by atoms with E-state index in [0.29, 0.717) is 6.04 Å². The zero-order valence-corrected chi connectivity index (χ0v) is 10.2. The summed E-state index contributed by atoms with van der Waals surface area (Å²) in [6, 6.07) is 2.75. The molecule has 3 unspecified atom stereocenters. The number of aromatic nitrogens is 1. The molecule has 0 saturated heterocycles. The molecule has 2 aliphatic carbocycles.